The lowest BCUT2D eigenvalue weighted by Crippen LogP contribution is -2.07. The third-order valence-corrected chi connectivity index (χ3v) is 2.63. The SMILES string of the molecule is CC(CCl)Cc1cccc(C(F)(F)F)c1. The summed E-state index contributed by atoms with van der Waals surface area (Å²) in [6.07, 6.45) is -3.69. The van der Waals surface area contributed by atoms with Gasteiger partial charge in [0.1, 0.15) is 0 Å². The van der Waals surface area contributed by atoms with Gasteiger partial charge in [-0.1, -0.05) is 25.1 Å². The molecule has 0 amide bonds. The van der Waals surface area contributed by atoms with Crippen LogP contribution in [0.2, 0.25) is 0 Å². The number of rotatable bonds is 3. The molecule has 1 unspecified atom stereocenters. The highest BCUT2D eigenvalue weighted by atomic mass is 35.5. The van der Waals surface area contributed by atoms with Crippen molar-refractivity contribution in [3.8, 4) is 0 Å². The van der Waals surface area contributed by atoms with E-state index in [0.29, 0.717) is 17.9 Å². The molecule has 0 aliphatic heterocycles. The van der Waals surface area contributed by atoms with E-state index in [2.05, 4.69) is 0 Å². The van der Waals surface area contributed by atoms with Crippen molar-refractivity contribution >= 4 is 11.6 Å². The lowest BCUT2D eigenvalue weighted by molar-refractivity contribution is -0.137. The average molecular weight is 237 g/mol. The number of halogens is 4. The van der Waals surface area contributed by atoms with Crippen LogP contribution in [-0.4, -0.2) is 5.88 Å². The smallest absolute Gasteiger partial charge is 0.166 e. The van der Waals surface area contributed by atoms with Gasteiger partial charge in [-0.25, -0.2) is 0 Å². The van der Waals surface area contributed by atoms with E-state index in [1.165, 1.54) is 12.1 Å². The third kappa shape index (κ3) is 3.74. The summed E-state index contributed by atoms with van der Waals surface area (Å²) in [6.45, 7) is 1.91. The van der Waals surface area contributed by atoms with Gasteiger partial charge in [-0.3, -0.25) is 0 Å². The van der Waals surface area contributed by atoms with Crippen LogP contribution in [0.15, 0.2) is 24.3 Å². The van der Waals surface area contributed by atoms with Crippen molar-refractivity contribution in [2.75, 3.05) is 5.88 Å². The largest absolute Gasteiger partial charge is 0.416 e. The summed E-state index contributed by atoms with van der Waals surface area (Å²) in [7, 11) is 0. The van der Waals surface area contributed by atoms with Crippen LogP contribution >= 0.6 is 11.6 Å². The number of alkyl halides is 4. The summed E-state index contributed by atoms with van der Waals surface area (Å²) in [5, 5.41) is 0. The molecule has 0 nitrogen and oxygen atoms in total. The van der Waals surface area contributed by atoms with Gasteiger partial charge >= 0.3 is 6.18 Å². The van der Waals surface area contributed by atoms with Gasteiger partial charge in [-0.05, 0) is 24.0 Å². The zero-order valence-electron chi connectivity index (χ0n) is 8.31. The van der Waals surface area contributed by atoms with Crippen LogP contribution in [0.3, 0.4) is 0 Å². The van der Waals surface area contributed by atoms with E-state index in [-0.39, 0.29) is 5.92 Å². The third-order valence-electron chi connectivity index (χ3n) is 2.10. The molecule has 0 aliphatic rings. The summed E-state index contributed by atoms with van der Waals surface area (Å²) in [5.41, 5.74) is 0.0831. The van der Waals surface area contributed by atoms with Gasteiger partial charge in [0.2, 0.25) is 0 Å². The molecule has 1 aromatic carbocycles. The molecule has 15 heavy (non-hydrogen) atoms. The highest BCUT2D eigenvalue weighted by Crippen LogP contribution is 2.29. The van der Waals surface area contributed by atoms with Gasteiger partial charge in [-0.15, -0.1) is 11.6 Å². The lowest BCUT2D eigenvalue weighted by atomic mass is 10.0. The molecule has 0 aliphatic carbocycles. The summed E-state index contributed by atoms with van der Waals surface area (Å²) >= 11 is 5.61. The molecule has 0 bridgehead atoms. The van der Waals surface area contributed by atoms with Crippen molar-refractivity contribution in [2.45, 2.75) is 19.5 Å². The fraction of sp³-hybridized carbons (Fsp3) is 0.455. The van der Waals surface area contributed by atoms with E-state index in [1.54, 1.807) is 6.07 Å². The Balaban J connectivity index is 2.84. The molecule has 0 radical (unpaired) electrons. The zero-order chi connectivity index (χ0) is 11.5. The summed E-state index contributed by atoms with van der Waals surface area (Å²) in [4.78, 5) is 0. The Labute approximate surface area is 92.1 Å². The second-order valence-electron chi connectivity index (χ2n) is 3.66. The molecule has 0 fully saturated rings. The van der Waals surface area contributed by atoms with Crippen LogP contribution < -0.4 is 0 Å². The van der Waals surface area contributed by atoms with Gasteiger partial charge in [-0.2, -0.15) is 13.2 Å². The van der Waals surface area contributed by atoms with E-state index in [1.807, 2.05) is 6.92 Å². The summed E-state index contributed by atoms with van der Waals surface area (Å²) in [5.74, 6) is 0.645. The Bertz CT molecular complexity index is 320. The molecule has 1 rings (SSSR count). The van der Waals surface area contributed by atoms with Crippen LogP contribution in [-0.2, 0) is 12.6 Å². The van der Waals surface area contributed by atoms with Crippen LogP contribution in [0, 0.1) is 5.92 Å². The van der Waals surface area contributed by atoms with Gasteiger partial charge in [0.15, 0.2) is 0 Å². The van der Waals surface area contributed by atoms with Crippen molar-refractivity contribution < 1.29 is 13.2 Å². The minimum atomic E-state index is -4.26. The maximum absolute atomic E-state index is 12.4. The molecular weight excluding hydrogens is 225 g/mol. The molecule has 1 atom stereocenters. The molecule has 0 saturated carbocycles. The first-order valence-corrected chi connectivity index (χ1v) is 5.19. The minimum Gasteiger partial charge on any atom is -0.166 e. The van der Waals surface area contributed by atoms with E-state index in [9.17, 15) is 13.2 Å². The fourth-order valence-corrected chi connectivity index (χ4v) is 1.44. The van der Waals surface area contributed by atoms with Crippen LogP contribution in [0.25, 0.3) is 0 Å². The second kappa shape index (κ2) is 4.88. The Morgan fingerprint density at radius 1 is 1.33 bits per heavy atom. The molecule has 1 aromatic rings. The van der Waals surface area contributed by atoms with Gasteiger partial charge in [0.05, 0.1) is 5.56 Å². The first-order chi connectivity index (χ1) is 6.93. The van der Waals surface area contributed by atoms with E-state index < -0.39 is 11.7 Å². The van der Waals surface area contributed by atoms with Crippen molar-refractivity contribution in [3.05, 3.63) is 35.4 Å². The molecule has 0 N–H and O–H groups in total. The second-order valence-corrected chi connectivity index (χ2v) is 3.97. The van der Waals surface area contributed by atoms with Crippen LogP contribution in [0.1, 0.15) is 18.1 Å². The number of benzene rings is 1. The van der Waals surface area contributed by atoms with Gasteiger partial charge < -0.3 is 0 Å². The topological polar surface area (TPSA) is 0 Å². The van der Waals surface area contributed by atoms with Crippen molar-refractivity contribution in [3.63, 3.8) is 0 Å². The van der Waals surface area contributed by atoms with E-state index in [0.717, 1.165) is 6.07 Å². The molecule has 0 saturated heterocycles. The van der Waals surface area contributed by atoms with Crippen molar-refractivity contribution in [2.24, 2.45) is 5.92 Å². The molecule has 84 valence electrons. The predicted octanol–water partition coefficient (Wildman–Crippen LogP) is 4.12. The number of hydrogen-bond acceptors (Lipinski definition) is 0. The fourth-order valence-electron chi connectivity index (χ4n) is 1.33. The molecule has 0 aromatic heterocycles. The molecular formula is C11H12ClF3. The monoisotopic (exact) mass is 236 g/mol. The first-order valence-electron chi connectivity index (χ1n) is 4.65. The van der Waals surface area contributed by atoms with Crippen molar-refractivity contribution in [1.82, 2.24) is 0 Å². The molecule has 0 heterocycles. The normalized spacial score (nSPS) is 13.9. The Morgan fingerprint density at radius 3 is 2.53 bits per heavy atom. The van der Waals surface area contributed by atoms with E-state index in [4.69, 9.17) is 11.6 Å². The summed E-state index contributed by atoms with van der Waals surface area (Å²) in [6, 6.07) is 5.38. The highest BCUT2D eigenvalue weighted by Gasteiger charge is 2.30. The molecule has 4 heteroatoms. The highest BCUT2D eigenvalue weighted by molar-refractivity contribution is 6.18. The Hall–Kier alpha value is -0.700. The summed E-state index contributed by atoms with van der Waals surface area (Å²) < 4.78 is 37.1. The van der Waals surface area contributed by atoms with Gasteiger partial charge in [0, 0.05) is 5.88 Å². The van der Waals surface area contributed by atoms with Crippen LogP contribution in [0.5, 0.6) is 0 Å². The van der Waals surface area contributed by atoms with E-state index >= 15 is 0 Å². The van der Waals surface area contributed by atoms with Crippen LogP contribution in [0.4, 0.5) is 13.2 Å². The minimum absolute atomic E-state index is 0.190. The zero-order valence-corrected chi connectivity index (χ0v) is 9.07. The quantitative estimate of drug-likeness (QED) is 0.693. The predicted molar refractivity (Wildman–Crippen MR) is 55.0 cm³/mol. The first kappa shape index (κ1) is 12.4. The Kier molecular flexibility index (Phi) is 4.03. The van der Waals surface area contributed by atoms with Gasteiger partial charge in [0.25, 0.3) is 0 Å². The van der Waals surface area contributed by atoms with Crippen molar-refractivity contribution in [1.29, 1.82) is 0 Å². The average Bonchev–Trinajstić information content (AvgIpc) is 2.17. The lowest BCUT2D eigenvalue weighted by Gasteiger charge is -2.10. The maximum Gasteiger partial charge on any atom is 0.416 e. The molecule has 0 spiro atoms. The Morgan fingerprint density at radius 2 is 2.00 bits per heavy atom. The maximum atomic E-state index is 12.4. The number of hydrogen-bond donors (Lipinski definition) is 0. The standard InChI is InChI=1S/C11H12ClF3/c1-8(7-12)5-9-3-2-4-10(6-9)11(13,14)15/h2-4,6,8H,5,7H2,1H3.